The summed E-state index contributed by atoms with van der Waals surface area (Å²) in [7, 11) is 0. The van der Waals surface area contributed by atoms with Crippen LogP contribution in [0.4, 0.5) is 0 Å². The Morgan fingerprint density at radius 2 is 1.63 bits per heavy atom. The standard InChI is InChI=1S/C15H12N2O2/c1-2-9-16-17-14(18)11-7-3-5-10-6-4-8-12(13(10)11)15(17)19/h2-8,16H,1,9H2. The number of hydrogen-bond donors (Lipinski definition) is 1. The minimum Gasteiger partial charge on any atom is -0.267 e. The van der Waals surface area contributed by atoms with Gasteiger partial charge in [-0.05, 0) is 17.5 Å². The van der Waals surface area contributed by atoms with Crippen LogP contribution in [0.5, 0.6) is 0 Å². The zero-order valence-electron chi connectivity index (χ0n) is 10.2. The largest absolute Gasteiger partial charge is 0.276 e. The molecule has 4 heteroatoms. The predicted octanol–water partition coefficient (Wildman–Crippen LogP) is 2.13. The predicted molar refractivity (Wildman–Crippen MR) is 72.6 cm³/mol. The van der Waals surface area contributed by atoms with E-state index in [1.54, 1.807) is 18.2 Å². The Morgan fingerprint density at radius 3 is 2.16 bits per heavy atom. The van der Waals surface area contributed by atoms with Crippen LogP contribution in [0.15, 0.2) is 49.1 Å². The van der Waals surface area contributed by atoms with Crippen LogP contribution in [0.2, 0.25) is 0 Å². The summed E-state index contributed by atoms with van der Waals surface area (Å²) in [5.41, 5.74) is 3.86. The second-order valence-electron chi connectivity index (χ2n) is 4.31. The van der Waals surface area contributed by atoms with Crippen LogP contribution in [0.3, 0.4) is 0 Å². The Hall–Kier alpha value is -2.46. The van der Waals surface area contributed by atoms with Crippen LogP contribution in [0, 0.1) is 0 Å². The molecule has 0 saturated carbocycles. The van der Waals surface area contributed by atoms with Crippen molar-refractivity contribution in [3.8, 4) is 0 Å². The van der Waals surface area contributed by atoms with Crippen molar-refractivity contribution in [3.63, 3.8) is 0 Å². The highest BCUT2D eigenvalue weighted by Crippen LogP contribution is 2.28. The van der Waals surface area contributed by atoms with Crippen molar-refractivity contribution in [3.05, 3.63) is 60.2 Å². The lowest BCUT2D eigenvalue weighted by Crippen LogP contribution is -2.49. The Balaban J connectivity index is 2.22. The number of hydrazine groups is 1. The Labute approximate surface area is 110 Å². The molecule has 0 unspecified atom stereocenters. The first-order chi connectivity index (χ1) is 9.24. The van der Waals surface area contributed by atoms with Crippen molar-refractivity contribution in [2.75, 3.05) is 6.54 Å². The van der Waals surface area contributed by atoms with Crippen LogP contribution in [0.1, 0.15) is 20.7 Å². The number of nitrogens with one attached hydrogen (secondary N) is 1. The molecule has 0 spiro atoms. The molecule has 0 radical (unpaired) electrons. The molecule has 0 fully saturated rings. The lowest BCUT2D eigenvalue weighted by atomic mass is 9.95. The summed E-state index contributed by atoms with van der Waals surface area (Å²) in [6.07, 6.45) is 1.60. The lowest BCUT2D eigenvalue weighted by Gasteiger charge is -2.26. The minimum absolute atomic E-state index is 0.323. The fraction of sp³-hybridized carbons (Fsp3) is 0.0667. The van der Waals surface area contributed by atoms with E-state index in [9.17, 15) is 9.59 Å². The van der Waals surface area contributed by atoms with Gasteiger partial charge < -0.3 is 0 Å². The number of benzene rings is 2. The van der Waals surface area contributed by atoms with Gasteiger partial charge in [-0.15, -0.1) is 6.58 Å². The van der Waals surface area contributed by atoms with Crippen LogP contribution >= 0.6 is 0 Å². The highest BCUT2D eigenvalue weighted by Gasteiger charge is 2.32. The van der Waals surface area contributed by atoms with Crippen LogP contribution < -0.4 is 5.43 Å². The summed E-state index contributed by atoms with van der Waals surface area (Å²) in [4.78, 5) is 24.7. The van der Waals surface area contributed by atoms with E-state index in [0.29, 0.717) is 17.7 Å². The summed E-state index contributed by atoms with van der Waals surface area (Å²) in [5.74, 6) is -0.646. The zero-order chi connectivity index (χ0) is 13.4. The van der Waals surface area contributed by atoms with Gasteiger partial charge in [0.1, 0.15) is 0 Å². The molecule has 1 N–H and O–H groups in total. The Bertz CT molecular complexity index is 656. The van der Waals surface area contributed by atoms with Gasteiger partial charge in [0.25, 0.3) is 11.8 Å². The third-order valence-corrected chi connectivity index (χ3v) is 3.17. The molecule has 4 nitrogen and oxygen atoms in total. The fourth-order valence-corrected chi connectivity index (χ4v) is 2.33. The SMILES string of the molecule is C=CCNN1C(=O)c2cccc3cccc(c23)C1=O. The third-order valence-electron chi connectivity index (χ3n) is 3.17. The maximum absolute atomic E-state index is 12.3. The second kappa shape index (κ2) is 4.33. The molecule has 2 aromatic carbocycles. The fourth-order valence-electron chi connectivity index (χ4n) is 2.33. The number of nitrogens with zero attached hydrogens (tertiary/aromatic N) is 1. The van der Waals surface area contributed by atoms with E-state index in [2.05, 4.69) is 12.0 Å². The van der Waals surface area contributed by atoms with Gasteiger partial charge in [0.2, 0.25) is 0 Å². The zero-order valence-corrected chi connectivity index (χ0v) is 10.2. The summed E-state index contributed by atoms with van der Waals surface area (Å²) >= 11 is 0. The van der Waals surface area contributed by atoms with E-state index in [4.69, 9.17) is 0 Å². The maximum Gasteiger partial charge on any atom is 0.276 e. The summed E-state index contributed by atoms with van der Waals surface area (Å²) in [6, 6.07) is 10.9. The first-order valence-electron chi connectivity index (χ1n) is 5.99. The molecule has 19 heavy (non-hydrogen) atoms. The Morgan fingerprint density at radius 1 is 1.05 bits per heavy atom. The first-order valence-corrected chi connectivity index (χ1v) is 5.99. The number of rotatable bonds is 3. The monoisotopic (exact) mass is 252 g/mol. The molecule has 2 aromatic rings. The molecule has 0 saturated heterocycles. The molecule has 0 bridgehead atoms. The summed E-state index contributed by atoms with van der Waals surface area (Å²) in [6.45, 7) is 3.92. The van der Waals surface area contributed by atoms with Crippen molar-refractivity contribution < 1.29 is 9.59 Å². The van der Waals surface area contributed by atoms with Gasteiger partial charge in [-0.1, -0.05) is 30.3 Å². The maximum atomic E-state index is 12.3. The highest BCUT2D eigenvalue weighted by molar-refractivity contribution is 6.25. The molecular weight excluding hydrogens is 240 g/mol. The number of carbonyl (C=O) groups is 2. The van der Waals surface area contributed by atoms with Crippen molar-refractivity contribution in [2.45, 2.75) is 0 Å². The van der Waals surface area contributed by atoms with E-state index in [1.165, 1.54) is 0 Å². The van der Waals surface area contributed by atoms with Gasteiger partial charge in [0.05, 0.1) is 11.1 Å². The number of imide groups is 1. The molecule has 0 atom stereocenters. The first kappa shape index (κ1) is 11.6. The van der Waals surface area contributed by atoms with Crippen LogP contribution in [-0.4, -0.2) is 23.4 Å². The van der Waals surface area contributed by atoms with Crippen molar-refractivity contribution >= 4 is 22.6 Å². The molecule has 94 valence electrons. The molecular formula is C15H12N2O2. The van der Waals surface area contributed by atoms with Gasteiger partial charge in [0, 0.05) is 11.9 Å². The van der Waals surface area contributed by atoms with Gasteiger partial charge >= 0.3 is 0 Å². The number of carbonyl (C=O) groups excluding carboxylic acids is 2. The van der Waals surface area contributed by atoms with E-state index >= 15 is 0 Å². The van der Waals surface area contributed by atoms with E-state index in [0.717, 1.165) is 15.8 Å². The van der Waals surface area contributed by atoms with E-state index < -0.39 is 0 Å². The van der Waals surface area contributed by atoms with E-state index in [-0.39, 0.29) is 11.8 Å². The molecule has 1 heterocycles. The second-order valence-corrected chi connectivity index (χ2v) is 4.31. The third kappa shape index (κ3) is 1.65. The number of amides is 2. The van der Waals surface area contributed by atoms with E-state index in [1.807, 2.05) is 24.3 Å². The van der Waals surface area contributed by atoms with Crippen molar-refractivity contribution in [2.24, 2.45) is 0 Å². The smallest absolute Gasteiger partial charge is 0.267 e. The molecule has 0 aliphatic carbocycles. The summed E-state index contributed by atoms with van der Waals surface area (Å²) < 4.78 is 0. The highest BCUT2D eigenvalue weighted by atomic mass is 16.2. The summed E-state index contributed by atoms with van der Waals surface area (Å²) in [5, 5.41) is 2.69. The van der Waals surface area contributed by atoms with Gasteiger partial charge in [0.15, 0.2) is 0 Å². The topological polar surface area (TPSA) is 49.4 Å². The molecule has 3 rings (SSSR count). The van der Waals surface area contributed by atoms with Gasteiger partial charge in [-0.25, -0.2) is 10.4 Å². The average Bonchev–Trinajstić information content (AvgIpc) is 2.44. The van der Waals surface area contributed by atoms with Gasteiger partial charge in [-0.3, -0.25) is 9.59 Å². The Kier molecular flexibility index (Phi) is 2.65. The quantitative estimate of drug-likeness (QED) is 0.672. The average molecular weight is 252 g/mol. The molecule has 0 aromatic heterocycles. The van der Waals surface area contributed by atoms with Crippen molar-refractivity contribution in [1.29, 1.82) is 0 Å². The van der Waals surface area contributed by atoms with Crippen molar-refractivity contribution in [1.82, 2.24) is 10.4 Å². The van der Waals surface area contributed by atoms with Gasteiger partial charge in [-0.2, -0.15) is 0 Å². The van der Waals surface area contributed by atoms with Crippen LogP contribution in [-0.2, 0) is 0 Å². The molecule has 1 aliphatic rings. The normalized spacial score (nSPS) is 14.0. The minimum atomic E-state index is -0.323. The van der Waals surface area contributed by atoms with Crippen LogP contribution in [0.25, 0.3) is 10.8 Å². The molecule has 2 amide bonds. The lowest BCUT2D eigenvalue weighted by molar-refractivity contribution is 0.0530. The molecule has 1 aliphatic heterocycles. The number of hydrogen-bond acceptors (Lipinski definition) is 3.